The van der Waals surface area contributed by atoms with Gasteiger partial charge in [-0.2, -0.15) is 0 Å². The first-order chi connectivity index (χ1) is 11.3. The van der Waals surface area contributed by atoms with Crippen LogP contribution in [0.5, 0.6) is 0 Å². The standard InChI is InChI=1S/C19H17NO3/c1-2-22-19(21)18-13-16(23-20-18)12-15-10-6-7-11-17(15)14-8-4-3-5-9-14/h3-11,13H,2,12H2,1H3. The normalized spacial score (nSPS) is 10.5. The molecule has 116 valence electrons. The lowest BCUT2D eigenvalue weighted by atomic mass is 9.97. The van der Waals surface area contributed by atoms with Gasteiger partial charge in [-0.3, -0.25) is 0 Å². The topological polar surface area (TPSA) is 52.3 Å². The Bertz CT molecular complexity index is 793. The first kappa shape index (κ1) is 15.0. The van der Waals surface area contributed by atoms with E-state index in [1.54, 1.807) is 13.0 Å². The molecule has 1 aromatic heterocycles. The molecule has 3 rings (SSSR count). The molecule has 0 saturated carbocycles. The van der Waals surface area contributed by atoms with E-state index in [-0.39, 0.29) is 5.69 Å². The summed E-state index contributed by atoms with van der Waals surface area (Å²) in [7, 11) is 0. The summed E-state index contributed by atoms with van der Waals surface area (Å²) in [5.74, 6) is 0.176. The smallest absolute Gasteiger partial charge is 0.360 e. The minimum Gasteiger partial charge on any atom is -0.461 e. The summed E-state index contributed by atoms with van der Waals surface area (Å²) in [6.45, 7) is 2.08. The van der Waals surface area contributed by atoms with Crippen LogP contribution in [0.2, 0.25) is 0 Å². The zero-order chi connectivity index (χ0) is 16.1. The first-order valence-corrected chi connectivity index (χ1v) is 7.54. The van der Waals surface area contributed by atoms with E-state index in [0.29, 0.717) is 18.8 Å². The van der Waals surface area contributed by atoms with E-state index in [4.69, 9.17) is 9.26 Å². The van der Waals surface area contributed by atoms with Crippen LogP contribution in [-0.2, 0) is 11.2 Å². The van der Waals surface area contributed by atoms with E-state index in [1.807, 2.05) is 30.3 Å². The molecule has 4 heteroatoms. The SMILES string of the molecule is CCOC(=O)c1cc(Cc2ccccc2-c2ccccc2)on1. The Morgan fingerprint density at radius 1 is 1.09 bits per heavy atom. The van der Waals surface area contributed by atoms with E-state index in [2.05, 4.69) is 29.4 Å². The Morgan fingerprint density at radius 2 is 1.83 bits per heavy atom. The minimum atomic E-state index is -0.459. The van der Waals surface area contributed by atoms with E-state index < -0.39 is 5.97 Å². The number of hydrogen-bond donors (Lipinski definition) is 0. The van der Waals surface area contributed by atoms with Crippen molar-refractivity contribution >= 4 is 5.97 Å². The lowest BCUT2D eigenvalue weighted by Gasteiger charge is -2.08. The third-order valence-corrected chi connectivity index (χ3v) is 3.51. The van der Waals surface area contributed by atoms with Crippen LogP contribution in [-0.4, -0.2) is 17.7 Å². The first-order valence-electron chi connectivity index (χ1n) is 7.54. The molecule has 0 amide bonds. The van der Waals surface area contributed by atoms with Crippen molar-refractivity contribution in [3.8, 4) is 11.1 Å². The van der Waals surface area contributed by atoms with Gasteiger partial charge >= 0.3 is 5.97 Å². The van der Waals surface area contributed by atoms with Gasteiger partial charge in [-0.15, -0.1) is 0 Å². The molecule has 2 aromatic carbocycles. The number of carbonyl (C=O) groups excluding carboxylic acids is 1. The van der Waals surface area contributed by atoms with Crippen LogP contribution >= 0.6 is 0 Å². The Labute approximate surface area is 134 Å². The van der Waals surface area contributed by atoms with Crippen LogP contribution in [0, 0.1) is 0 Å². The van der Waals surface area contributed by atoms with Gasteiger partial charge in [-0.1, -0.05) is 59.8 Å². The van der Waals surface area contributed by atoms with Gasteiger partial charge < -0.3 is 9.26 Å². The van der Waals surface area contributed by atoms with Crippen LogP contribution in [0.25, 0.3) is 11.1 Å². The summed E-state index contributed by atoms with van der Waals surface area (Å²) in [6, 6.07) is 19.9. The highest BCUT2D eigenvalue weighted by Gasteiger charge is 2.14. The molecule has 0 bridgehead atoms. The highest BCUT2D eigenvalue weighted by molar-refractivity contribution is 5.87. The molecule has 3 aromatic rings. The molecule has 0 atom stereocenters. The van der Waals surface area contributed by atoms with Crippen LogP contribution in [0.4, 0.5) is 0 Å². The predicted molar refractivity (Wildman–Crippen MR) is 87.1 cm³/mol. The monoisotopic (exact) mass is 307 g/mol. The van der Waals surface area contributed by atoms with E-state index in [9.17, 15) is 4.79 Å². The molecule has 1 heterocycles. The lowest BCUT2D eigenvalue weighted by molar-refractivity contribution is 0.0514. The molecular weight excluding hydrogens is 290 g/mol. The fourth-order valence-electron chi connectivity index (χ4n) is 2.46. The number of nitrogens with zero attached hydrogens (tertiary/aromatic N) is 1. The van der Waals surface area contributed by atoms with Crippen LogP contribution < -0.4 is 0 Å². The van der Waals surface area contributed by atoms with Crippen LogP contribution in [0.15, 0.2) is 65.2 Å². The summed E-state index contributed by atoms with van der Waals surface area (Å²) >= 11 is 0. The molecule has 0 aliphatic heterocycles. The van der Waals surface area contributed by atoms with Gasteiger partial charge in [-0.25, -0.2) is 4.79 Å². The van der Waals surface area contributed by atoms with Crippen molar-refractivity contribution < 1.29 is 14.1 Å². The van der Waals surface area contributed by atoms with Crippen molar-refractivity contribution in [2.45, 2.75) is 13.3 Å². The molecule has 0 unspecified atom stereocenters. The van der Waals surface area contributed by atoms with Crippen molar-refractivity contribution in [1.29, 1.82) is 0 Å². The minimum absolute atomic E-state index is 0.207. The average molecular weight is 307 g/mol. The Kier molecular flexibility index (Phi) is 4.52. The molecule has 0 aliphatic rings. The van der Waals surface area contributed by atoms with Crippen LogP contribution in [0.3, 0.4) is 0 Å². The zero-order valence-corrected chi connectivity index (χ0v) is 12.9. The van der Waals surface area contributed by atoms with Gasteiger partial charge in [0.2, 0.25) is 0 Å². The van der Waals surface area contributed by atoms with E-state index in [0.717, 1.165) is 16.7 Å². The number of carbonyl (C=O) groups is 1. The molecular formula is C19H17NO3. The third kappa shape index (κ3) is 3.48. The molecule has 0 spiro atoms. The number of hydrogen-bond acceptors (Lipinski definition) is 4. The van der Waals surface area contributed by atoms with Gasteiger partial charge in [0.15, 0.2) is 5.69 Å². The van der Waals surface area contributed by atoms with Crippen LogP contribution in [0.1, 0.15) is 28.7 Å². The number of aromatic nitrogens is 1. The summed E-state index contributed by atoms with van der Waals surface area (Å²) in [6.07, 6.45) is 0.567. The Hall–Kier alpha value is -2.88. The maximum atomic E-state index is 11.7. The van der Waals surface area contributed by atoms with Crippen molar-refractivity contribution in [1.82, 2.24) is 5.16 Å². The van der Waals surface area contributed by atoms with Crippen molar-refractivity contribution in [2.24, 2.45) is 0 Å². The van der Waals surface area contributed by atoms with Crippen molar-refractivity contribution in [3.05, 3.63) is 77.7 Å². The van der Waals surface area contributed by atoms with E-state index in [1.165, 1.54) is 0 Å². The summed E-state index contributed by atoms with van der Waals surface area (Å²) in [4.78, 5) is 11.7. The number of benzene rings is 2. The van der Waals surface area contributed by atoms with Crippen molar-refractivity contribution in [2.75, 3.05) is 6.61 Å². The molecule has 0 aliphatic carbocycles. The van der Waals surface area contributed by atoms with E-state index >= 15 is 0 Å². The van der Waals surface area contributed by atoms with Gasteiger partial charge in [0.25, 0.3) is 0 Å². The lowest BCUT2D eigenvalue weighted by Crippen LogP contribution is -2.04. The summed E-state index contributed by atoms with van der Waals surface area (Å²) < 4.78 is 10.2. The second-order valence-corrected chi connectivity index (χ2v) is 5.10. The average Bonchev–Trinajstić information content (AvgIpc) is 3.05. The largest absolute Gasteiger partial charge is 0.461 e. The molecule has 23 heavy (non-hydrogen) atoms. The molecule has 4 nitrogen and oxygen atoms in total. The quantitative estimate of drug-likeness (QED) is 0.666. The Balaban J connectivity index is 1.85. The zero-order valence-electron chi connectivity index (χ0n) is 12.9. The van der Waals surface area contributed by atoms with Gasteiger partial charge in [0, 0.05) is 12.5 Å². The summed E-state index contributed by atoms with van der Waals surface area (Å²) in [5.41, 5.74) is 3.61. The third-order valence-electron chi connectivity index (χ3n) is 3.51. The maximum absolute atomic E-state index is 11.7. The molecule has 0 fully saturated rings. The number of ether oxygens (including phenoxy) is 1. The van der Waals surface area contributed by atoms with Gasteiger partial charge in [-0.05, 0) is 23.6 Å². The highest BCUT2D eigenvalue weighted by atomic mass is 16.5. The molecule has 0 N–H and O–H groups in total. The highest BCUT2D eigenvalue weighted by Crippen LogP contribution is 2.25. The fraction of sp³-hybridized carbons (Fsp3) is 0.158. The number of rotatable bonds is 5. The molecule has 0 radical (unpaired) electrons. The Morgan fingerprint density at radius 3 is 2.61 bits per heavy atom. The van der Waals surface area contributed by atoms with Crippen molar-refractivity contribution in [3.63, 3.8) is 0 Å². The summed E-state index contributed by atoms with van der Waals surface area (Å²) in [5, 5.41) is 3.78. The van der Waals surface area contributed by atoms with Gasteiger partial charge in [0.1, 0.15) is 5.76 Å². The van der Waals surface area contributed by atoms with Gasteiger partial charge in [0.05, 0.1) is 6.61 Å². The fourth-order valence-corrected chi connectivity index (χ4v) is 2.46. The predicted octanol–water partition coefficient (Wildman–Crippen LogP) is 4.11. The second kappa shape index (κ2) is 6.92. The maximum Gasteiger partial charge on any atom is 0.360 e. The molecule has 0 saturated heterocycles. The number of esters is 1. The second-order valence-electron chi connectivity index (χ2n) is 5.10.